The van der Waals surface area contributed by atoms with E-state index < -0.39 is 0 Å². The van der Waals surface area contributed by atoms with Crippen LogP contribution in [-0.2, 0) is 16.0 Å². The van der Waals surface area contributed by atoms with Gasteiger partial charge in [0.15, 0.2) is 11.5 Å². The summed E-state index contributed by atoms with van der Waals surface area (Å²) >= 11 is 0. The summed E-state index contributed by atoms with van der Waals surface area (Å²) in [7, 11) is 4.67. The van der Waals surface area contributed by atoms with E-state index in [1.54, 1.807) is 38.4 Å². The lowest BCUT2D eigenvalue weighted by atomic mass is 9.95. The fraction of sp³-hybridized carbons (Fsp3) is 0.400. The Kier molecular flexibility index (Phi) is 6.26. The Morgan fingerprint density at radius 1 is 1.03 bits per heavy atom. The molecule has 1 N–H and O–H groups in total. The topological polar surface area (TPSA) is 94.2 Å². The average Bonchev–Trinajstić information content (AvgIpc) is 3.07. The fourth-order valence-corrected chi connectivity index (χ4v) is 4.83. The van der Waals surface area contributed by atoms with Gasteiger partial charge in [0.2, 0.25) is 23.0 Å². The number of aryl methyl sites for hydroxylation is 1. The van der Waals surface area contributed by atoms with E-state index in [4.69, 9.17) is 14.2 Å². The normalized spacial score (nSPS) is 17.0. The first-order valence-corrected chi connectivity index (χ1v) is 11.0. The molecule has 0 aromatic heterocycles. The van der Waals surface area contributed by atoms with E-state index in [9.17, 15) is 14.4 Å². The highest BCUT2D eigenvalue weighted by Crippen LogP contribution is 2.50. The highest BCUT2D eigenvalue weighted by atomic mass is 16.5. The van der Waals surface area contributed by atoms with Gasteiger partial charge in [-0.05, 0) is 54.2 Å². The number of nitrogens with one attached hydrogen (secondary N) is 1. The Balaban J connectivity index is 2.04. The van der Waals surface area contributed by atoms with Crippen molar-refractivity contribution in [2.75, 3.05) is 32.8 Å². The number of ether oxygens (including phenoxy) is 3. The lowest BCUT2D eigenvalue weighted by Crippen LogP contribution is -2.29. The van der Waals surface area contributed by atoms with Crippen molar-refractivity contribution in [3.05, 3.63) is 45.6 Å². The van der Waals surface area contributed by atoms with E-state index >= 15 is 0 Å². The van der Waals surface area contributed by atoms with Crippen LogP contribution in [0.4, 0.5) is 5.69 Å². The van der Waals surface area contributed by atoms with Crippen molar-refractivity contribution in [3.63, 3.8) is 0 Å². The minimum Gasteiger partial charge on any atom is -0.493 e. The number of hydrogen-bond acceptors (Lipinski definition) is 6. The van der Waals surface area contributed by atoms with Crippen molar-refractivity contribution in [3.8, 4) is 28.4 Å². The number of rotatable bonds is 5. The van der Waals surface area contributed by atoms with Gasteiger partial charge in [-0.2, -0.15) is 0 Å². The quantitative estimate of drug-likeness (QED) is 0.750. The minimum absolute atomic E-state index is 0.0590. The molecule has 1 aliphatic carbocycles. The lowest BCUT2D eigenvalue weighted by molar-refractivity contribution is -0.120. The molecule has 2 aromatic rings. The second-order valence-corrected chi connectivity index (χ2v) is 8.22. The molecule has 2 aromatic carbocycles. The minimum atomic E-state index is -0.381. The molecule has 8 nitrogen and oxygen atoms in total. The van der Waals surface area contributed by atoms with Crippen LogP contribution in [0.15, 0.2) is 29.1 Å². The Hall–Kier alpha value is -3.55. The predicted molar refractivity (Wildman–Crippen MR) is 124 cm³/mol. The van der Waals surface area contributed by atoms with Crippen LogP contribution in [0, 0.1) is 0 Å². The highest BCUT2D eigenvalue weighted by Gasteiger charge is 2.30. The molecule has 33 heavy (non-hydrogen) atoms. The van der Waals surface area contributed by atoms with E-state index in [1.165, 1.54) is 6.92 Å². The first-order valence-electron chi connectivity index (χ1n) is 11.0. The van der Waals surface area contributed by atoms with Crippen molar-refractivity contribution in [2.45, 2.75) is 38.6 Å². The van der Waals surface area contributed by atoms with E-state index in [1.807, 2.05) is 12.1 Å². The maximum atomic E-state index is 13.3. The fourth-order valence-electron chi connectivity index (χ4n) is 4.83. The summed E-state index contributed by atoms with van der Waals surface area (Å²) in [6.45, 7) is 1.97. The molecule has 0 saturated carbocycles. The van der Waals surface area contributed by atoms with Crippen molar-refractivity contribution < 1.29 is 23.8 Å². The Morgan fingerprint density at radius 2 is 1.79 bits per heavy atom. The van der Waals surface area contributed by atoms with E-state index in [-0.39, 0.29) is 23.3 Å². The summed E-state index contributed by atoms with van der Waals surface area (Å²) in [6, 6.07) is 6.61. The number of fused-ring (bicyclic) bond motifs is 3. The van der Waals surface area contributed by atoms with Crippen molar-refractivity contribution in [2.24, 2.45) is 0 Å². The lowest BCUT2D eigenvalue weighted by Gasteiger charge is -2.19. The molecule has 1 heterocycles. The number of amides is 2. The first-order chi connectivity index (χ1) is 15.9. The third-order valence-corrected chi connectivity index (χ3v) is 6.26. The molecule has 4 rings (SSSR count). The van der Waals surface area contributed by atoms with Crippen LogP contribution in [0.2, 0.25) is 0 Å². The summed E-state index contributed by atoms with van der Waals surface area (Å²) in [5.74, 6) is 1.24. The molecule has 1 aliphatic heterocycles. The maximum absolute atomic E-state index is 13.3. The Bertz CT molecular complexity index is 1180. The van der Waals surface area contributed by atoms with E-state index in [2.05, 4.69) is 5.32 Å². The number of carbonyl (C=O) groups excluding carboxylic acids is 2. The molecule has 2 aliphatic rings. The molecule has 0 unspecified atom stereocenters. The summed E-state index contributed by atoms with van der Waals surface area (Å²) in [5, 5.41) is 2.98. The smallest absolute Gasteiger partial charge is 0.227 e. The van der Waals surface area contributed by atoms with Gasteiger partial charge in [-0.25, -0.2) is 0 Å². The predicted octanol–water partition coefficient (Wildman–Crippen LogP) is 2.99. The largest absolute Gasteiger partial charge is 0.493 e. The molecule has 0 bridgehead atoms. The van der Waals surface area contributed by atoms with Gasteiger partial charge in [0, 0.05) is 25.5 Å². The van der Waals surface area contributed by atoms with Gasteiger partial charge in [-0.1, -0.05) is 6.07 Å². The van der Waals surface area contributed by atoms with Gasteiger partial charge >= 0.3 is 0 Å². The van der Waals surface area contributed by atoms with Gasteiger partial charge in [-0.3, -0.25) is 14.4 Å². The zero-order valence-electron chi connectivity index (χ0n) is 19.3. The van der Waals surface area contributed by atoms with Crippen molar-refractivity contribution in [1.82, 2.24) is 5.32 Å². The Morgan fingerprint density at radius 3 is 2.39 bits per heavy atom. The van der Waals surface area contributed by atoms with Gasteiger partial charge in [0.1, 0.15) is 0 Å². The number of hydrogen-bond donors (Lipinski definition) is 1. The third-order valence-electron chi connectivity index (χ3n) is 6.26. The molecular weight excluding hydrogens is 424 g/mol. The molecule has 174 valence electrons. The van der Waals surface area contributed by atoms with E-state index in [0.29, 0.717) is 54.3 Å². The van der Waals surface area contributed by atoms with Crippen molar-refractivity contribution in [1.29, 1.82) is 0 Å². The monoisotopic (exact) mass is 452 g/mol. The molecule has 0 spiro atoms. The molecular formula is C25H28N2O6. The molecule has 1 fully saturated rings. The van der Waals surface area contributed by atoms with Crippen LogP contribution in [0.3, 0.4) is 0 Å². The van der Waals surface area contributed by atoms with Gasteiger partial charge < -0.3 is 24.4 Å². The summed E-state index contributed by atoms with van der Waals surface area (Å²) < 4.78 is 16.9. The standard InChI is InChI=1S/C25H28N2O6/c1-14(28)26-18-9-7-15-12-21(31-2)24(32-3)25(33-4)23(15)16-8-10-19(20(29)13-17(16)18)27-11-5-6-22(27)30/h8,10,12-13,18H,5-7,9,11H2,1-4H3,(H,26,28)/t18-/m0/s1. The van der Waals surface area contributed by atoms with Gasteiger partial charge in [-0.15, -0.1) is 0 Å². The summed E-state index contributed by atoms with van der Waals surface area (Å²) in [5.41, 5.74) is 3.24. The van der Waals surface area contributed by atoms with Crippen LogP contribution in [0.1, 0.15) is 43.4 Å². The second-order valence-electron chi connectivity index (χ2n) is 8.22. The highest BCUT2D eigenvalue weighted by molar-refractivity contribution is 5.95. The molecule has 1 saturated heterocycles. The summed E-state index contributed by atoms with van der Waals surface area (Å²) in [6.07, 6.45) is 2.36. The Labute approximate surface area is 192 Å². The van der Waals surface area contributed by atoms with E-state index in [0.717, 1.165) is 23.1 Å². The third kappa shape index (κ3) is 4.01. The van der Waals surface area contributed by atoms with Gasteiger partial charge in [0.25, 0.3) is 0 Å². The second kappa shape index (κ2) is 9.13. The van der Waals surface area contributed by atoms with Gasteiger partial charge in [0.05, 0.1) is 33.1 Å². The zero-order chi connectivity index (χ0) is 23.7. The number of carbonyl (C=O) groups is 2. The van der Waals surface area contributed by atoms with Crippen LogP contribution >= 0.6 is 0 Å². The van der Waals surface area contributed by atoms with Crippen LogP contribution in [0.5, 0.6) is 17.2 Å². The molecule has 0 radical (unpaired) electrons. The zero-order valence-corrected chi connectivity index (χ0v) is 19.3. The molecule has 2 amide bonds. The summed E-state index contributed by atoms with van der Waals surface area (Å²) in [4.78, 5) is 39.2. The number of benzene rings is 1. The van der Waals surface area contributed by atoms with Crippen molar-refractivity contribution >= 4 is 17.5 Å². The van der Waals surface area contributed by atoms with Crippen LogP contribution in [0.25, 0.3) is 11.1 Å². The van der Waals surface area contributed by atoms with Crippen LogP contribution in [-0.4, -0.2) is 39.7 Å². The average molecular weight is 453 g/mol. The number of methoxy groups -OCH3 is 3. The molecule has 8 heteroatoms. The van der Waals surface area contributed by atoms with Crippen LogP contribution < -0.4 is 29.9 Å². The SMILES string of the molecule is COc1cc2c(c(OC)c1OC)-c1ccc(N3CCCC3=O)c(=O)cc1[C@@H](NC(C)=O)CC2. The maximum Gasteiger partial charge on any atom is 0.227 e. The molecule has 1 atom stereocenters. The first kappa shape index (κ1) is 22.6. The number of nitrogens with zero attached hydrogens (tertiary/aromatic N) is 1. The number of anilines is 1.